The number of benzene rings is 1. The van der Waals surface area contributed by atoms with Crippen LogP contribution < -0.4 is 4.74 Å². The average molecular weight is 293 g/mol. The zero-order chi connectivity index (χ0) is 15.8. The Kier molecular flexibility index (Phi) is 7.76. The van der Waals surface area contributed by atoms with E-state index in [1.54, 1.807) is 7.11 Å². The van der Waals surface area contributed by atoms with Gasteiger partial charge in [-0.05, 0) is 49.5 Å². The van der Waals surface area contributed by atoms with Crippen molar-refractivity contribution < 1.29 is 9.84 Å². The molecule has 0 aromatic heterocycles. The van der Waals surface area contributed by atoms with Gasteiger partial charge < -0.3 is 14.7 Å². The third-order valence-corrected chi connectivity index (χ3v) is 3.79. The topological polar surface area (TPSA) is 32.7 Å². The quantitative estimate of drug-likeness (QED) is 0.747. The predicted octanol–water partition coefficient (Wildman–Crippen LogP) is 3.97. The third kappa shape index (κ3) is 5.33. The molecule has 21 heavy (non-hydrogen) atoms. The minimum atomic E-state index is -0.503. The molecular formula is C18H31NO2. The molecule has 1 unspecified atom stereocenters. The molecule has 1 atom stereocenters. The van der Waals surface area contributed by atoms with Crippen LogP contribution in [-0.4, -0.2) is 36.8 Å². The molecule has 0 fully saturated rings. The number of aliphatic hydroxyl groups excluding tert-OH is 1. The molecule has 1 N–H and O–H groups in total. The summed E-state index contributed by atoms with van der Waals surface area (Å²) in [5, 5.41) is 10.6. The lowest BCUT2D eigenvalue weighted by atomic mass is 9.97. The lowest BCUT2D eigenvalue weighted by Gasteiger charge is -2.25. The van der Waals surface area contributed by atoms with Crippen molar-refractivity contribution in [3.05, 3.63) is 29.3 Å². The highest BCUT2D eigenvalue weighted by molar-refractivity contribution is 5.40. The van der Waals surface area contributed by atoms with Gasteiger partial charge in [-0.1, -0.05) is 33.8 Å². The first-order valence-corrected chi connectivity index (χ1v) is 8.11. The van der Waals surface area contributed by atoms with Crippen LogP contribution in [0.15, 0.2) is 18.2 Å². The minimum absolute atomic E-state index is 0.448. The van der Waals surface area contributed by atoms with Crippen molar-refractivity contribution in [2.45, 2.75) is 52.6 Å². The molecule has 0 saturated heterocycles. The van der Waals surface area contributed by atoms with Crippen molar-refractivity contribution in [3.63, 3.8) is 0 Å². The molecule has 0 aliphatic rings. The van der Waals surface area contributed by atoms with E-state index in [4.69, 9.17) is 4.74 Å². The highest BCUT2D eigenvalue weighted by atomic mass is 16.5. The van der Waals surface area contributed by atoms with E-state index in [9.17, 15) is 5.11 Å². The van der Waals surface area contributed by atoms with Crippen LogP contribution in [0.1, 0.15) is 63.7 Å². The fraction of sp³-hybridized carbons (Fsp3) is 0.667. The highest BCUT2D eigenvalue weighted by Crippen LogP contribution is 2.29. The van der Waals surface area contributed by atoms with Gasteiger partial charge >= 0.3 is 0 Å². The van der Waals surface area contributed by atoms with Crippen molar-refractivity contribution in [1.82, 2.24) is 4.90 Å². The Balaban J connectivity index is 2.92. The maximum absolute atomic E-state index is 10.6. The largest absolute Gasteiger partial charge is 0.496 e. The van der Waals surface area contributed by atoms with Crippen LogP contribution >= 0.6 is 0 Å². The van der Waals surface area contributed by atoms with Crippen molar-refractivity contribution in [2.24, 2.45) is 0 Å². The van der Waals surface area contributed by atoms with Gasteiger partial charge in [0.15, 0.2) is 0 Å². The number of hydrogen-bond donors (Lipinski definition) is 1. The van der Waals surface area contributed by atoms with Gasteiger partial charge in [0.1, 0.15) is 5.75 Å². The van der Waals surface area contributed by atoms with Gasteiger partial charge in [-0.15, -0.1) is 0 Å². The van der Waals surface area contributed by atoms with E-state index in [0.29, 0.717) is 12.5 Å². The molecule has 0 amide bonds. The van der Waals surface area contributed by atoms with Crippen molar-refractivity contribution in [2.75, 3.05) is 26.7 Å². The number of hydrogen-bond acceptors (Lipinski definition) is 3. The molecule has 3 nitrogen and oxygen atoms in total. The van der Waals surface area contributed by atoms with E-state index in [1.807, 2.05) is 6.07 Å². The molecule has 3 heteroatoms. The predicted molar refractivity (Wildman–Crippen MR) is 89.1 cm³/mol. The molecule has 0 aliphatic carbocycles. The normalized spacial score (nSPS) is 13.0. The summed E-state index contributed by atoms with van der Waals surface area (Å²) in [6, 6.07) is 6.14. The summed E-state index contributed by atoms with van der Waals surface area (Å²) >= 11 is 0. The van der Waals surface area contributed by atoms with Gasteiger partial charge in [0.2, 0.25) is 0 Å². The Morgan fingerprint density at radius 3 is 2.24 bits per heavy atom. The first-order chi connectivity index (χ1) is 10.0. The van der Waals surface area contributed by atoms with Crippen molar-refractivity contribution >= 4 is 0 Å². The second-order valence-corrected chi connectivity index (χ2v) is 5.97. The zero-order valence-electron chi connectivity index (χ0n) is 14.2. The Hall–Kier alpha value is -1.06. The molecule has 1 aromatic carbocycles. The van der Waals surface area contributed by atoms with Gasteiger partial charge in [-0.3, -0.25) is 0 Å². The summed E-state index contributed by atoms with van der Waals surface area (Å²) in [4.78, 5) is 2.33. The van der Waals surface area contributed by atoms with Gasteiger partial charge in [0.25, 0.3) is 0 Å². The molecule has 1 aromatic rings. The van der Waals surface area contributed by atoms with E-state index < -0.39 is 6.10 Å². The number of rotatable bonds is 9. The van der Waals surface area contributed by atoms with Crippen molar-refractivity contribution in [1.29, 1.82) is 0 Å². The van der Waals surface area contributed by atoms with Crippen LogP contribution in [0.5, 0.6) is 5.75 Å². The van der Waals surface area contributed by atoms with Crippen LogP contribution in [0.25, 0.3) is 0 Å². The monoisotopic (exact) mass is 293 g/mol. The molecule has 120 valence electrons. The second-order valence-electron chi connectivity index (χ2n) is 5.97. The Bertz CT molecular complexity index is 412. The molecule has 1 rings (SSSR count). The molecular weight excluding hydrogens is 262 g/mol. The standard InChI is InChI=1S/C18H31NO2/c1-6-10-19(11-7-2)13-17(20)16-12-15(14(3)4)8-9-18(16)21-5/h8-9,12,14,17,20H,6-7,10-11,13H2,1-5H3. The van der Waals surface area contributed by atoms with Crippen LogP contribution in [0.2, 0.25) is 0 Å². The van der Waals surface area contributed by atoms with Crippen LogP contribution in [0.4, 0.5) is 0 Å². The number of aliphatic hydroxyl groups is 1. The highest BCUT2D eigenvalue weighted by Gasteiger charge is 2.18. The molecule has 0 aliphatic heterocycles. The summed E-state index contributed by atoms with van der Waals surface area (Å²) in [6.45, 7) is 11.4. The summed E-state index contributed by atoms with van der Waals surface area (Å²) in [5.74, 6) is 1.23. The second kappa shape index (κ2) is 9.06. The van der Waals surface area contributed by atoms with E-state index in [0.717, 1.165) is 37.2 Å². The lowest BCUT2D eigenvalue weighted by molar-refractivity contribution is 0.110. The Morgan fingerprint density at radius 2 is 1.76 bits per heavy atom. The average Bonchev–Trinajstić information content (AvgIpc) is 2.46. The molecule has 0 heterocycles. The fourth-order valence-corrected chi connectivity index (χ4v) is 2.64. The lowest BCUT2D eigenvalue weighted by Crippen LogP contribution is -2.30. The van der Waals surface area contributed by atoms with E-state index in [-0.39, 0.29) is 0 Å². The van der Waals surface area contributed by atoms with E-state index in [2.05, 4.69) is 44.7 Å². The van der Waals surface area contributed by atoms with Gasteiger partial charge in [-0.2, -0.15) is 0 Å². The maximum Gasteiger partial charge on any atom is 0.124 e. The number of methoxy groups -OCH3 is 1. The van der Waals surface area contributed by atoms with Gasteiger partial charge in [-0.25, -0.2) is 0 Å². The molecule has 0 saturated carbocycles. The summed E-state index contributed by atoms with van der Waals surface area (Å²) in [5.41, 5.74) is 2.14. The SMILES string of the molecule is CCCN(CCC)CC(O)c1cc(C(C)C)ccc1OC. The first-order valence-electron chi connectivity index (χ1n) is 8.11. The number of nitrogens with zero attached hydrogens (tertiary/aromatic N) is 1. The Morgan fingerprint density at radius 1 is 1.14 bits per heavy atom. The maximum atomic E-state index is 10.6. The van der Waals surface area contributed by atoms with Gasteiger partial charge in [0, 0.05) is 12.1 Å². The van der Waals surface area contributed by atoms with Crippen LogP contribution in [0.3, 0.4) is 0 Å². The van der Waals surface area contributed by atoms with E-state index in [1.165, 1.54) is 5.56 Å². The Labute approximate surface area is 129 Å². The van der Waals surface area contributed by atoms with E-state index >= 15 is 0 Å². The minimum Gasteiger partial charge on any atom is -0.496 e. The molecule has 0 bridgehead atoms. The van der Waals surface area contributed by atoms with Crippen molar-refractivity contribution in [3.8, 4) is 5.75 Å². The molecule has 0 radical (unpaired) electrons. The zero-order valence-corrected chi connectivity index (χ0v) is 14.2. The number of ether oxygens (including phenoxy) is 1. The van der Waals surface area contributed by atoms with Crippen LogP contribution in [0, 0.1) is 0 Å². The summed E-state index contributed by atoms with van der Waals surface area (Å²) in [6.07, 6.45) is 1.71. The van der Waals surface area contributed by atoms with Crippen LogP contribution in [-0.2, 0) is 0 Å². The summed E-state index contributed by atoms with van der Waals surface area (Å²) in [7, 11) is 1.66. The summed E-state index contributed by atoms with van der Waals surface area (Å²) < 4.78 is 5.42. The third-order valence-electron chi connectivity index (χ3n) is 3.79. The smallest absolute Gasteiger partial charge is 0.124 e. The first kappa shape index (κ1) is 18.0. The molecule has 0 spiro atoms. The van der Waals surface area contributed by atoms with Gasteiger partial charge in [0.05, 0.1) is 13.2 Å². The fourth-order valence-electron chi connectivity index (χ4n) is 2.64.